The van der Waals surface area contributed by atoms with Crippen LogP contribution >= 0.6 is 0 Å². The molecule has 1 fully saturated rings. The molecule has 3 heterocycles. The molecular formula is C19H26N2O. The molecule has 0 aliphatic carbocycles. The molecule has 1 saturated heterocycles. The van der Waals surface area contributed by atoms with Crippen LogP contribution in [0.15, 0.2) is 18.2 Å². The van der Waals surface area contributed by atoms with Gasteiger partial charge >= 0.3 is 0 Å². The molecule has 2 N–H and O–H groups in total. The van der Waals surface area contributed by atoms with Crippen molar-refractivity contribution in [1.82, 2.24) is 9.88 Å². The first kappa shape index (κ1) is 14.1. The van der Waals surface area contributed by atoms with E-state index in [1.807, 2.05) is 12.1 Å². The average Bonchev–Trinajstić information content (AvgIpc) is 2.99. The number of phenols is 1. The second kappa shape index (κ2) is 5.31. The van der Waals surface area contributed by atoms with Crippen LogP contribution in [0.25, 0.3) is 10.9 Å². The highest BCUT2D eigenvalue weighted by molar-refractivity contribution is 5.86. The largest absolute Gasteiger partial charge is 0.508 e. The van der Waals surface area contributed by atoms with Crippen molar-refractivity contribution in [3.8, 4) is 5.75 Å². The number of rotatable bonds is 3. The lowest BCUT2D eigenvalue weighted by Crippen LogP contribution is -2.32. The van der Waals surface area contributed by atoms with Crippen LogP contribution in [0.2, 0.25) is 0 Å². The summed E-state index contributed by atoms with van der Waals surface area (Å²) < 4.78 is 0. The van der Waals surface area contributed by atoms with Crippen molar-refractivity contribution in [2.45, 2.75) is 51.5 Å². The van der Waals surface area contributed by atoms with Gasteiger partial charge in [-0.25, -0.2) is 0 Å². The predicted molar refractivity (Wildman–Crippen MR) is 90.5 cm³/mol. The minimum atomic E-state index is 0.374. The van der Waals surface area contributed by atoms with Crippen LogP contribution in [0.4, 0.5) is 0 Å². The molecule has 2 aliphatic rings. The molecule has 2 bridgehead atoms. The number of fused-ring (bicyclic) bond motifs is 6. The molecule has 2 aromatic rings. The molecule has 0 saturated carbocycles. The molecule has 1 aromatic heterocycles. The van der Waals surface area contributed by atoms with Crippen molar-refractivity contribution in [1.29, 1.82) is 0 Å². The van der Waals surface area contributed by atoms with Crippen LogP contribution in [0.3, 0.4) is 0 Å². The predicted octanol–water partition coefficient (Wildman–Crippen LogP) is 4.02. The molecule has 22 heavy (non-hydrogen) atoms. The van der Waals surface area contributed by atoms with E-state index in [1.54, 1.807) is 6.07 Å². The molecule has 0 radical (unpaired) electrons. The van der Waals surface area contributed by atoms with Gasteiger partial charge in [0.25, 0.3) is 0 Å². The molecule has 3 nitrogen and oxygen atoms in total. The summed E-state index contributed by atoms with van der Waals surface area (Å²) in [5.74, 6) is 1.84. The molecule has 2 aliphatic heterocycles. The Hall–Kier alpha value is -1.48. The van der Waals surface area contributed by atoms with Gasteiger partial charge in [0.05, 0.1) is 0 Å². The first-order chi connectivity index (χ1) is 10.7. The zero-order chi connectivity index (χ0) is 15.3. The van der Waals surface area contributed by atoms with Gasteiger partial charge in [-0.3, -0.25) is 4.90 Å². The Bertz CT molecular complexity index is 690. The number of aromatic hydroxyl groups is 1. The zero-order valence-electron chi connectivity index (χ0n) is 13.6. The van der Waals surface area contributed by atoms with E-state index in [1.165, 1.54) is 48.0 Å². The van der Waals surface area contributed by atoms with Crippen LogP contribution in [-0.4, -0.2) is 34.1 Å². The molecular weight excluding hydrogens is 272 g/mol. The van der Waals surface area contributed by atoms with E-state index in [0.29, 0.717) is 11.7 Å². The lowest BCUT2D eigenvalue weighted by Gasteiger charge is -2.26. The zero-order valence-corrected chi connectivity index (χ0v) is 13.6. The molecule has 0 amide bonds. The minimum absolute atomic E-state index is 0.374. The molecule has 4 unspecified atom stereocenters. The standard InChI is InChI=1S/C19H26N2O/c1-3-12(2)8-14-9-13-11-21(14)7-6-16-17-10-15(22)4-5-18(17)20-19(13)16/h4-5,10,12-14,20,22H,3,6-9,11H2,1-2H3. The van der Waals surface area contributed by atoms with E-state index < -0.39 is 0 Å². The highest BCUT2D eigenvalue weighted by Crippen LogP contribution is 2.41. The first-order valence-corrected chi connectivity index (χ1v) is 8.73. The first-order valence-electron chi connectivity index (χ1n) is 8.73. The van der Waals surface area contributed by atoms with Gasteiger partial charge in [0.1, 0.15) is 5.75 Å². The Morgan fingerprint density at radius 2 is 2.27 bits per heavy atom. The molecule has 4 atom stereocenters. The van der Waals surface area contributed by atoms with Gasteiger partial charge in [-0.05, 0) is 48.9 Å². The number of aromatic nitrogens is 1. The average molecular weight is 298 g/mol. The van der Waals surface area contributed by atoms with E-state index >= 15 is 0 Å². The highest BCUT2D eigenvalue weighted by atomic mass is 16.3. The minimum Gasteiger partial charge on any atom is -0.508 e. The van der Waals surface area contributed by atoms with E-state index in [4.69, 9.17) is 0 Å². The number of hydrogen-bond acceptors (Lipinski definition) is 2. The van der Waals surface area contributed by atoms with Crippen molar-refractivity contribution >= 4 is 10.9 Å². The fourth-order valence-corrected chi connectivity index (χ4v) is 4.47. The van der Waals surface area contributed by atoms with E-state index in [2.05, 4.69) is 23.7 Å². The number of aromatic amines is 1. The highest BCUT2D eigenvalue weighted by Gasteiger charge is 2.37. The third-order valence-corrected chi connectivity index (χ3v) is 5.88. The SMILES string of the molecule is CCC(C)CC1CC2CN1CCc1c2[nH]c2ccc(O)cc12. The fraction of sp³-hybridized carbons (Fsp3) is 0.579. The lowest BCUT2D eigenvalue weighted by molar-refractivity contribution is 0.224. The van der Waals surface area contributed by atoms with E-state index in [0.717, 1.165) is 24.9 Å². The number of hydrogen-bond donors (Lipinski definition) is 2. The molecule has 118 valence electrons. The van der Waals surface area contributed by atoms with Crippen molar-refractivity contribution in [2.75, 3.05) is 13.1 Å². The summed E-state index contributed by atoms with van der Waals surface area (Å²) in [4.78, 5) is 6.37. The second-order valence-corrected chi connectivity index (χ2v) is 7.33. The summed E-state index contributed by atoms with van der Waals surface area (Å²) in [6.45, 7) is 7.05. The van der Waals surface area contributed by atoms with Crippen molar-refractivity contribution < 1.29 is 5.11 Å². The number of nitrogens with zero attached hydrogens (tertiary/aromatic N) is 1. The van der Waals surface area contributed by atoms with Gasteiger partial charge in [-0.15, -0.1) is 0 Å². The van der Waals surface area contributed by atoms with Crippen LogP contribution in [0, 0.1) is 5.92 Å². The Balaban J connectivity index is 1.67. The normalized spacial score (nSPS) is 28.5. The molecule has 3 heteroatoms. The topological polar surface area (TPSA) is 39.3 Å². The van der Waals surface area contributed by atoms with Gasteiger partial charge in [0.2, 0.25) is 0 Å². The molecule has 4 rings (SSSR count). The Labute approximate surface area is 132 Å². The van der Waals surface area contributed by atoms with Crippen LogP contribution in [-0.2, 0) is 6.42 Å². The summed E-state index contributed by atoms with van der Waals surface area (Å²) in [5.41, 5.74) is 4.07. The lowest BCUT2D eigenvalue weighted by atomic mass is 9.91. The third kappa shape index (κ3) is 2.23. The summed E-state index contributed by atoms with van der Waals surface area (Å²) in [6, 6.07) is 6.48. The van der Waals surface area contributed by atoms with Gasteiger partial charge in [-0.2, -0.15) is 0 Å². The molecule has 0 spiro atoms. The van der Waals surface area contributed by atoms with Gasteiger partial charge in [0.15, 0.2) is 0 Å². The summed E-state index contributed by atoms with van der Waals surface area (Å²) in [6.07, 6.45) is 5.01. The number of nitrogens with one attached hydrogen (secondary N) is 1. The van der Waals surface area contributed by atoms with Gasteiger partial charge in [0, 0.05) is 41.6 Å². The second-order valence-electron chi connectivity index (χ2n) is 7.33. The Kier molecular flexibility index (Phi) is 3.41. The number of H-pyrrole nitrogens is 1. The molecule has 1 aromatic carbocycles. The third-order valence-electron chi connectivity index (χ3n) is 5.88. The fourth-order valence-electron chi connectivity index (χ4n) is 4.47. The van der Waals surface area contributed by atoms with Crippen LogP contribution < -0.4 is 0 Å². The Morgan fingerprint density at radius 1 is 1.41 bits per heavy atom. The van der Waals surface area contributed by atoms with Crippen LogP contribution in [0.5, 0.6) is 5.75 Å². The maximum Gasteiger partial charge on any atom is 0.116 e. The summed E-state index contributed by atoms with van der Waals surface area (Å²) in [5, 5.41) is 11.0. The van der Waals surface area contributed by atoms with Crippen molar-refractivity contribution in [3.63, 3.8) is 0 Å². The van der Waals surface area contributed by atoms with Gasteiger partial charge in [-0.1, -0.05) is 20.3 Å². The van der Waals surface area contributed by atoms with Gasteiger partial charge < -0.3 is 10.1 Å². The van der Waals surface area contributed by atoms with E-state index in [9.17, 15) is 5.11 Å². The maximum atomic E-state index is 9.80. The monoisotopic (exact) mass is 298 g/mol. The summed E-state index contributed by atoms with van der Waals surface area (Å²) >= 11 is 0. The number of phenolic OH excluding ortho intramolecular Hbond substituents is 1. The van der Waals surface area contributed by atoms with Crippen LogP contribution in [0.1, 0.15) is 50.3 Å². The summed E-state index contributed by atoms with van der Waals surface area (Å²) in [7, 11) is 0. The smallest absolute Gasteiger partial charge is 0.116 e. The van der Waals surface area contributed by atoms with E-state index in [-0.39, 0.29) is 0 Å². The number of benzene rings is 1. The van der Waals surface area contributed by atoms with Crippen molar-refractivity contribution in [2.24, 2.45) is 5.92 Å². The maximum absolute atomic E-state index is 9.80. The Morgan fingerprint density at radius 3 is 3.09 bits per heavy atom. The quantitative estimate of drug-likeness (QED) is 0.898. The van der Waals surface area contributed by atoms with Crippen molar-refractivity contribution in [3.05, 3.63) is 29.5 Å².